The molecule has 6 heteroatoms. The number of carbonyl (C=O) groups excluding carboxylic acids is 3. The smallest absolute Gasteiger partial charge is 0.324 e. The van der Waals surface area contributed by atoms with E-state index in [2.05, 4.69) is 26.1 Å². The standard InChI is InChI=1S/C24H27N3O3/c1-24(2,3)18-11-9-17(10-12-18)21(28)26-14-13-19-20(26)22(29)27(23(30)25-19)15-16-7-5-4-6-8-16/h4-12,19-20H,13-15H2,1-3H3,(H,25,30)/t19-,20-/m0/s1. The van der Waals surface area contributed by atoms with E-state index in [0.717, 1.165) is 11.1 Å². The van der Waals surface area contributed by atoms with Gasteiger partial charge in [0, 0.05) is 12.1 Å². The van der Waals surface area contributed by atoms with Crippen molar-refractivity contribution in [3.8, 4) is 0 Å². The monoisotopic (exact) mass is 405 g/mol. The highest BCUT2D eigenvalue weighted by atomic mass is 16.2. The van der Waals surface area contributed by atoms with Crippen LogP contribution in [0.15, 0.2) is 54.6 Å². The first-order chi connectivity index (χ1) is 14.3. The molecule has 0 aliphatic carbocycles. The second kappa shape index (κ2) is 7.59. The van der Waals surface area contributed by atoms with Gasteiger partial charge >= 0.3 is 6.03 Å². The average Bonchev–Trinajstić information content (AvgIpc) is 3.14. The Balaban J connectivity index is 1.55. The highest BCUT2D eigenvalue weighted by Gasteiger charge is 2.49. The Bertz CT molecular complexity index is 963. The van der Waals surface area contributed by atoms with E-state index >= 15 is 0 Å². The van der Waals surface area contributed by atoms with Gasteiger partial charge in [-0.05, 0) is 35.1 Å². The van der Waals surface area contributed by atoms with Crippen LogP contribution in [-0.4, -0.2) is 46.3 Å². The first kappa shape index (κ1) is 20.1. The molecule has 2 saturated heterocycles. The van der Waals surface area contributed by atoms with Crippen LogP contribution >= 0.6 is 0 Å². The van der Waals surface area contributed by atoms with Crippen molar-refractivity contribution in [2.24, 2.45) is 0 Å². The van der Waals surface area contributed by atoms with Gasteiger partial charge in [0.1, 0.15) is 6.04 Å². The molecular formula is C24H27N3O3. The summed E-state index contributed by atoms with van der Waals surface area (Å²) in [6.07, 6.45) is 0.577. The van der Waals surface area contributed by atoms with Crippen LogP contribution in [0.4, 0.5) is 4.79 Å². The minimum absolute atomic E-state index is 0.00186. The largest absolute Gasteiger partial charge is 0.332 e. The number of benzene rings is 2. The van der Waals surface area contributed by atoms with Crippen molar-refractivity contribution in [2.75, 3.05) is 6.54 Å². The summed E-state index contributed by atoms with van der Waals surface area (Å²) in [5, 5.41) is 2.92. The maximum atomic E-state index is 13.2. The maximum Gasteiger partial charge on any atom is 0.324 e. The van der Waals surface area contributed by atoms with Crippen LogP contribution in [0, 0.1) is 0 Å². The molecule has 4 amide bonds. The van der Waals surface area contributed by atoms with Gasteiger partial charge in [-0.2, -0.15) is 0 Å². The number of likely N-dealkylation sites (tertiary alicyclic amines) is 1. The molecule has 2 atom stereocenters. The molecule has 6 nitrogen and oxygen atoms in total. The quantitative estimate of drug-likeness (QED) is 0.852. The number of amides is 4. The van der Waals surface area contributed by atoms with Gasteiger partial charge in [0.05, 0.1) is 12.6 Å². The van der Waals surface area contributed by atoms with Crippen LogP contribution in [0.1, 0.15) is 48.7 Å². The Morgan fingerprint density at radius 1 is 1.03 bits per heavy atom. The molecule has 2 fully saturated rings. The molecule has 4 rings (SSSR count). The molecule has 2 aliphatic rings. The van der Waals surface area contributed by atoms with Gasteiger partial charge in [-0.3, -0.25) is 14.5 Å². The van der Waals surface area contributed by atoms with E-state index in [1.165, 1.54) is 4.90 Å². The molecule has 0 aromatic heterocycles. The Morgan fingerprint density at radius 2 is 1.70 bits per heavy atom. The fourth-order valence-corrected chi connectivity index (χ4v) is 4.17. The minimum Gasteiger partial charge on any atom is -0.332 e. The van der Waals surface area contributed by atoms with E-state index in [1.54, 1.807) is 4.90 Å². The number of rotatable bonds is 3. The number of fused-ring (bicyclic) bond motifs is 1. The molecule has 30 heavy (non-hydrogen) atoms. The van der Waals surface area contributed by atoms with Gasteiger partial charge in [0.15, 0.2) is 0 Å². The van der Waals surface area contributed by atoms with Crippen molar-refractivity contribution in [3.05, 3.63) is 71.3 Å². The predicted molar refractivity (Wildman–Crippen MR) is 114 cm³/mol. The van der Waals surface area contributed by atoms with Crippen molar-refractivity contribution in [1.29, 1.82) is 0 Å². The van der Waals surface area contributed by atoms with Gasteiger partial charge in [-0.15, -0.1) is 0 Å². The molecule has 156 valence electrons. The number of hydrogen-bond donors (Lipinski definition) is 1. The number of imide groups is 1. The average molecular weight is 405 g/mol. The maximum absolute atomic E-state index is 13.2. The summed E-state index contributed by atoms with van der Waals surface area (Å²) in [7, 11) is 0. The van der Waals surface area contributed by atoms with E-state index in [4.69, 9.17) is 0 Å². The molecule has 1 N–H and O–H groups in total. The number of hydrogen-bond acceptors (Lipinski definition) is 3. The molecule has 0 spiro atoms. The molecular weight excluding hydrogens is 378 g/mol. The lowest BCUT2D eigenvalue weighted by Gasteiger charge is -2.37. The summed E-state index contributed by atoms with van der Waals surface area (Å²) < 4.78 is 0. The Hall–Kier alpha value is -3.15. The van der Waals surface area contributed by atoms with Crippen LogP contribution in [0.25, 0.3) is 0 Å². The number of nitrogens with one attached hydrogen (secondary N) is 1. The third-order valence-electron chi connectivity index (χ3n) is 5.91. The fourth-order valence-electron chi connectivity index (χ4n) is 4.17. The van der Waals surface area contributed by atoms with E-state index < -0.39 is 12.1 Å². The van der Waals surface area contributed by atoms with Crippen LogP contribution < -0.4 is 5.32 Å². The second-order valence-corrected chi connectivity index (χ2v) is 9.03. The lowest BCUT2D eigenvalue weighted by molar-refractivity contribution is -0.134. The van der Waals surface area contributed by atoms with Crippen LogP contribution in [0.2, 0.25) is 0 Å². The van der Waals surface area contributed by atoms with Gasteiger partial charge in [0.25, 0.3) is 11.8 Å². The first-order valence-corrected chi connectivity index (χ1v) is 10.3. The topological polar surface area (TPSA) is 69.7 Å². The Labute approximate surface area is 176 Å². The summed E-state index contributed by atoms with van der Waals surface area (Å²) >= 11 is 0. The van der Waals surface area contributed by atoms with Crippen molar-refractivity contribution >= 4 is 17.8 Å². The predicted octanol–water partition coefficient (Wildman–Crippen LogP) is 3.32. The number of urea groups is 1. The van der Waals surface area contributed by atoms with Crippen molar-refractivity contribution in [3.63, 3.8) is 0 Å². The normalized spacial score (nSPS) is 21.4. The van der Waals surface area contributed by atoms with Gasteiger partial charge in [-0.1, -0.05) is 63.2 Å². The van der Waals surface area contributed by atoms with E-state index in [0.29, 0.717) is 18.5 Å². The summed E-state index contributed by atoms with van der Waals surface area (Å²) in [5.74, 6) is -0.489. The molecule has 0 bridgehead atoms. The van der Waals surface area contributed by atoms with Crippen LogP contribution in [-0.2, 0) is 16.8 Å². The van der Waals surface area contributed by atoms with Crippen LogP contribution in [0.3, 0.4) is 0 Å². The summed E-state index contributed by atoms with van der Waals surface area (Å²) in [4.78, 5) is 41.8. The van der Waals surface area contributed by atoms with E-state index in [9.17, 15) is 14.4 Å². The Kier molecular flexibility index (Phi) is 5.10. The van der Waals surface area contributed by atoms with E-state index in [1.807, 2.05) is 54.6 Å². The van der Waals surface area contributed by atoms with Crippen molar-refractivity contribution in [2.45, 2.75) is 51.2 Å². The molecule has 2 aliphatic heterocycles. The van der Waals surface area contributed by atoms with Crippen molar-refractivity contribution < 1.29 is 14.4 Å². The summed E-state index contributed by atoms with van der Waals surface area (Å²) in [6, 6.07) is 15.6. The van der Waals surface area contributed by atoms with Crippen LogP contribution in [0.5, 0.6) is 0 Å². The van der Waals surface area contributed by atoms with Gasteiger partial charge in [-0.25, -0.2) is 4.79 Å². The second-order valence-electron chi connectivity index (χ2n) is 9.03. The summed E-state index contributed by atoms with van der Waals surface area (Å²) in [6.45, 7) is 7.01. The molecule has 0 saturated carbocycles. The lowest BCUT2D eigenvalue weighted by Crippen LogP contribution is -2.64. The Morgan fingerprint density at radius 3 is 2.33 bits per heavy atom. The van der Waals surface area contributed by atoms with Gasteiger partial charge in [0.2, 0.25) is 0 Å². The lowest BCUT2D eigenvalue weighted by atomic mass is 9.86. The first-order valence-electron chi connectivity index (χ1n) is 10.3. The molecule has 0 unspecified atom stereocenters. The molecule has 0 radical (unpaired) electrons. The number of nitrogens with zero attached hydrogens (tertiary/aromatic N) is 2. The summed E-state index contributed by atoms with van der Waals surface area (Å²) in [5.41, 5.74) is 2.58. The SMILES string of the molecule is CC(C)(C)c1ccc(C(=O)N2CC[C@@H]3NC(=O)N(Cc4ccccc4)C(=O)[C@H]32)cc1. The molecule has 2 aromatic carbocycles. The van der Waals surface area contributed by atoms with E-state index in [-0.39, 0.29) is 29.8 Å². The zero-order valence-electron chi connectivity index (χ0n) is 17.6. The fraction of sp³-hybridized carbons (Fsp3) is 0.375. The highest BCUT2D eigenvalue weighted by molar-refractivity contribution is 6.04. The number of carbonyl (C=O) groups is 3. The molecule has 2 aromatic rings. The third kappa shape index (κ3) is 3.70. The van der Waals surface area contributed by atoms with Crippen molar-refractivity contribution in [1.82, 2.24) is 15.1 Å². The molecule has 2 heterocycles. The highest BCUT2D eigenvalue weighted by Crippen LogP contribution is 2.28. The zero-order chi connectivity index (χ0) is 21.5. The minimum atomic E-state index is -0.666. The zero-order valence-corrected chi connectivity index (χ0v) is 17.6. The van der Waals surface area contributed by atoms with Gasteiger partial charge < -0.3 is 10.2 Å². The third-order valence-corrected chi connectivity index (χ3v) is 5.91.